The van der Waals surface area contributed by atoms with Crippen molar-refractivity contribution in [1.29, 1.82) is 0 Å². The van der Waals surface area contributed by atoms with E-state index in [1.807, 2.05) is 13.8 Å². The predicted octanol–water partition coefficient (Wildman–Crippen LogP) is 15.0. The first-order chi connectivity index (χ1) is 24.1. The molecule has 0 atom stereocenters. The second-order valence-electron chi connectivity index (χ2n) is 16.1. The highest BCUT2D eigenvalue weighted by molar-refractivity contribution is 5.24. The van der Waals surface area contributed by atoms with E-state index < -0.39 is 34.9 Å². The Hall–Kier alpha value is -1.98. The molecule has 6 heteroatoms. The van der Waals surface area contributed by atoms with E-state index in [4.69, 9.17) is 0 Å². The van der Waals surface area contributed by atoms with E-state index in [0.29, 0.717) is 11.1 Å². The van der Waals surface area contributed by atoms with E-state index in [2.05, 4.69) is 13.8 Å². The normalized spacial score (nSPS) is 30.0. The lowest BCUT2D eigenvalue weighted by molar-refractivity contribution is 0.155. The van der Waals surface area contributed by atoms with Crippen LogP contribution in [0, 0.1) is 70.4 Å². The monoisotopic (exact) mass is 706 g/mol. The molecule has 4 saturated carbocycles. The summed E-state index contributed by atoms with van der Waals surface area (Å²) in [5, 5.41) is 0. The summed E-state index contributed by atoms with van der Waals surface area (Å²) in [4.78, 5) is 0. The minimum Gasteiger partial charge on any atom is -0.204 e. The zero-order chi connectivity index (χ0) is 36.2. The van der Waals surface area contributed by atoms with Gasteiger partial charge in [0.1, 0.15) is 0 Å². The van der Waals surface area contributed by atoms with Gasteiger partial charge in [0.05, 0.1) is 0 Å². The molecule has 50 heavy (non-hydrogen) atoms. The Balaban J connectivity index is 0.000000217. The Morgan fingerprint density at radius 2 is 0.780 bits per heavy atom. The Morgan fingerprint density at radius 3 is 1.12 bits per heavy atom. The first-order valence-electron chi connectivity index (χ1n) is 20.4. The summed E-state index contributed by atoms with van der Waals surface area (Å²) < 4.78 is 80.0. The minimum atomic E-state index is -1.35. The molecule has 0 heterocycles. The van der Waals surface area contributed by atoms with E-state index in [0.717, 1.165) is 86.9 Å². The Bertz CT molecular complexity index is 1230. The van der Waals surface area contributed by atoms with Crippen LogP contribution in [-0.4, -0.2) is 0 Å². The molecule has 0 aliphatic heterocycles. The van der Waals surface area contributed by atoms with E-state index in [9.17, 15) is 26.3 Å². The van der Waals surface area contributed by atoms with Gasteiger partial charge >= 0.3 is 0 Å². The van der Waals surface area contributed by atoms with Crippen molar-refractivity contribution in [3.63, 3.8) is 0 Å². The first kappa shape index (κ1) is 40.8. The lowest BCUT2D eigenvalue weighted by Crippen LogP contribution is -2.25. The molecule has 2 aromatic rings. The molecule has 0 nitrogen and oxygen atoms in total. The highest BCUT2D eigenvalue weighted by atomic mass is 19.2. The summed E-state index contributed by atoms with van der Waals surface area (Å²) in [6.45, 7) is 8.60. The van der Waals surface area contributed by atoms with Crippen molar-refractivity contribution in [1.82, 2.24) is 0 Å². The molecule has 0 radical (unpaired) electrons. The lowest BCUT2D eigenvalue weighted by atomic mass is 9.68. The van der Waals surface area contributed by atoms with Gasteiger partial charge in [-0.25, -0.2) is 26.3 Å². The topological polar surface area (TPSA) is 0 Å². The van der Waals surface area contributed by atoms with Gasteiger partial charge < -0.3 is 0 Å². The van der Waals surface area contributed by atoms with Crippen LogP contribution in [0.2, 0.25) is 0 Å². The smallest absolute Gasteiger partial charge is 0.194 e. The molecule has 282 valence electrons. The fourth-order valence-corrected chi connectivity index (χ4v) is 9.86. The van der Waals surface area contributed by atoms with Crippen LogP contribution in [0.15, 0.2) is 24.3 Å². The standard InChI is InChI=1S/C23H33F3.C19H25F3.C2H6/c1-2-3-4-5-16-6-8-17(9-7-16)18-10-12-19(13-11-18)20-14-21(24)23(26)22(25)15-20;1-12-2-4-13(5-3-12)14-6-8-15(9-7-14)16-10-17(20)19(22)18(21)11-16;1-2/h14-19H,2-13H2,1H3;10-15H,2-9H2,1H3;1-2H3. The molecule has 0 unspecified atom stereocenters. The van der Waals surface area contributed by atoms with E-state index >= 15 is 0 Å². The maximum Gasteiger partial charge on any atom is 0.194 e. The highest BCUT2D eigenvalue weighted by Gasteiger charge is 2.33. The van der Waals surface area contributed by atoms with Crippen LogP contribution in [0.4, 0.5) is 26.3 Å². The van der Waals surface area contributed by atoms with Crippen LogP contribution in [-0.2, 0) is 0 Å². The zero-order valence-electron chi connectivity index (χ0n) is 31.3. The second-order valence-corrected chi connectivity index (χ2v) is 16.1. The van der Waals surface area contributed by atoms with E-state index in [1.165, 1.54) is 101 Å². The third-order valence-electron chi connectivity index (χ3n) is 13.0. The van der Waals surface area contributed by atoms with Gasteiger partial charge in [0.15, 0.2) is 34.9 Å². The summed E-state index contributed by atoms with van der Waals surface area (Å²) in [6, 6.07) is 4.77. The average molecular weight is 707 g/mol. The Labute approximate surface area is 299 Å². The van der Waals surface area contributed by atoms with E-state index in [-0.39, 0.29) is 11.8 Å². The van der Waals surface area contributed by atoms with Crippen LogP contribution < -0.4 is 0 Å². The molecule has 0 aromatic heterocycles. The molecule has 4 fully saturated rings. The number of halogens is 6. The fraction of sp³-hybridized carbons (Fsp3) is 0.727. The average Bonchev–Trinajstić information content (AvgIpc) is 3.14. The number of hydrogen-bond acceptors (Lipinski definition) is 0. The molecular formula is C44H64F6. The molecule has 0 amide bonds. The van der Waals surface area contributed by atoms with Crippen molar-refractivity contribution in [3.8, 4) is 0 Å². The fourth-order valence-electron chi connectivity index (χ4n) is 9.86. The van der Waals surface area contributed by atoms with Crippen molar-refractivity contribution in [2.45, 2.75) is 168 Å². The van der Waals surface area contributed by atoms with Gasteiger partial charge in [-0.3, -0.25) is 0 Å². The number of benzene rings is 2. The third-order valence-corrected chi connectivity index (χ3v) is 13.0. The summed E-state index contributed by atoms with van der Waals surface area (Å²) in [5.74, 6) is -1.49. The lowest BCUT2D eigenvalue weighted by Gasteiger charge is -2.38. The van der Waals surface area contributed by atoms with Crippen LogP contribution in [0.3, 0.4) is 0 Å². The van der Waals surface area contributed by atoms with Crippen molar-refractivity contribution >= 4 is 0 Å². The zero-order valence-corrected chi connectivity index (χ0v) is 31.3. The SMILES string of the molecule is CC.CC1CCC(C2CCC(c3cc(F)c(F)c(F)c3)CC2)CC1.CCCCCC1CCC(C2CCC(c3cc(F)c(F)c(F)c3)CC2)CC1. The maximum absolute atomic E-state index is 13.5. The van der Waals surface area contributed by atoms with Crippen LogP contribution in [0.1, 0.15) is 179 Å². The highest BCUT2D eigenvalue weighted by Crippen LogP contribution is 2.46. The summed E-state index contributed by atoms with van der Waals surface area (Å²) in [5.41, 5.74) is 1.27. The van der Waals surface area contributed by atoms with Gasteiger partial charge in [-0.2, -0.15) is 0 Å². The van der Waals surface area contributed by atoms with Gasteiger partial charge in [0.2, 0.25) is 0 Å². The summed E-state index contributed by atoms with van der Waals surface area (Å²) in [7, 11) is 0. The molecule has 0 bridgehead atoms. The molecule has 4 aliphatic rings. The van der Waals surface area contributed by atoms with Crippen molar-refractivity contribution in [3.05, 3.63) is 70.3 Å². The number of rotatable bonds is 8. The molecule has 0 saturated heterocycles. The molecule has 2 aromatic carbocycles. The number of unbranched alkanes of at least 4 members (excludes halogenated alkanes) is 2. The van der Waals surface area contributed by atoms with Gasteiger partial charge in [-0.15, -0.1) is 0 Å². The molecule has 0 spiro atoms. The quantitative estimate of drug-likeness (QED) is 0.146. The largest absolute Gasteiger partial charge is 0.204 e. The molecule has 0 N–H and O–H groups in total. The van der Waals surface area contributed by atoms with E-state index in [1.54, 1.807) is 0 Å². The van der Waals surface area contributed by atoms with Gasteiger partial charge in [-0.05, 0) is 160 Å². The predicted molar refractivity (Wildman–Crippen MR) is 194 cm³/mol. The molecule has 6 rings (SSSR count). The van der Waals surface area contributed by atoms with Crippen molar-refractivity contribution < 1.29 is 26.3 Å². The summed E-state index contributed by atoms with van der Waals surface area (Å²) in [6.07, 6.45) is 24.9. The van der Waals surface area contributed by atoms with Crippen LogP contribution in [0.5, 0.6) is 0 Å². The van der Waals surface area contributed by atoms with Crippen molar-refractivity contribution in [2.24, 2.45) is 35.5 Å². The van der Waals surface area contributed by atoms with Gasteiger partial charge in [0.25, 0.3) is 0 Å². The van der Waals surface area contributed by atoms with Gasteiger partial charge in [-0.1, -0.05) is 79.1 Å². The minimum absolute atomic E-state index is 0.182. The Morgan fingerprint density at radius 1 is 0.460 bits per heavy atom. The molecule has 4 aliphatic carbocycles. The van der Waals surface area contributed by atoms with Crippen molar-refractivity contribution in [2.75, 3.05) is 0 Å². The number of hydrogen-bond donors (Lipinski definition) is 0. The first-order valence-corrected chi connectivity index (χ1v) is 20.4. The van der Waals surface area contributed by atoms with Gasteiger partial charge in [0, 0.05) is 0 Å². The maximum atomic E-state index is 13.5. The Kier molecular flexibility index (Phi) is 16.6. The summed E-state index contributed by atoms with van der Waals surface area (Å²) >= 11 is 0. The molecular weight excluding hydrogens is 642 g/mol. The third kappa shape index (κ3) is 11.3. The van der Waals surface area contributed by atoms with Crippen LogP contribution in [0.25, 0.3) is 0 Å². The second kappa shape index (κ2) is 20.3. The van der Waals surface area contributed by atoms with Crippen LogP contribution >= 0.6 is 0 Å².